The third-order valence-corrected chi connectivity index (χ3v) is 4.23. The number of nitrogens with one attached hydrogen (secondary N) is 2. The normalized spacial score (nSPS) is 10.2. The Morgan fingerprint density at radius 2 is 1.81 bits per heavy atom. The Labute approximate surface area is 139 Å². The Kier molecular flexibility index (Phi) is 6.04. The average Bonchev–Trinajstić information content (AvgIpc) is 2.48. The predicted molar refractivity (Wildman–Crippen MR) is 95.5 cm³/mol. The number of benzene rings is 2. The minimum atomic E-state index is 0.0169. The number of rotatable bonds is 6. The fraction of sp³-hybridized carbons (Fsp3) is 0.235. The first kappa shape index (κ1) is 15.8. The molecule has 110 valence electrons. The van der Waals surface area contributed by atoms with Crippen LogP contribution in [-0.2, 0) is 11.2 Å². The molecule has 2 rings (SSSR count). The predicted octanol–water partition coefficient (Wildman–Crippen LogP) is 3.37. The Hall–Kier alpha value is -1.56. The molecule has 2 N–H and O–H groups in total. The number of carbonyl (C=O) groups excluding carboxylic acids is 1. The van der Waals surface area contributed by atoms with E-state index < -0.39 is 0 Å². The number of amides is 1. The monoisotopic (exact) mass is 394 g/mol. The molecule has 3 nitrogen and oxygen atoms in total. The second-order valence-corrected chi connectivity index (χ2v) is 6.02. The SMILES string of the molecule is Cc1ccccc1CCNC(=O)CNc1ccccc1I. The summed E-state index contributed by atoms with van der Waals surface area (Å²) < 4.78 is 1.11. The lowest BCUT2D eigenvalue weighted by atomic mass is 10.1. The Morgan fingerprint density at radius 1 is 1.10 bits per heavy atom. The van der Waals surface area contributed by atoms with Crippen molar-refractivity contribution in [2.45, 2.75) is 13.3 Å². The van der Waals surface area contributed by atoms with E-state index in [-0.39, 0.29) is 5.91 Å². The minimum Gasteiger partial charge on any atom is -0.375 e. The summed E-state index contributed by atoms with van der Waals surface area (Å²) in [4.78, 5) is 11.8. The molecule has 0 aliphatic carbocycles. The number of carbonyl (C=O) groups is 1. The first-order valence-corrected chi connectivity index (χ1v) is 8.04. The van der Waals surface area contributed by atoms with Crippen LogP contribution in [0.5, 0.6) is 0 Å². The molecule has 0 aliphatic rings. The quantitative estimate of drug-likeness (QED) is 0.738. The summed E-state index contributed by atoms with van der Waals surface area (Å²) >= 11 is 2.25. The molecule has 4 heteroatoms. The van der Waals surface area contributed by atoms with Crippen molar-refractivity contribution < 1.29 is 4.79 Å². The number of aryl methyl sites for hydroxylation is 1. The molecular weight excluding hydrogens is 375 g/mol. The molecule has 2 aromatic rings. The Bertz CT molecular complexity index is 613. The molecule has 0 spiro atoms. The highest BCUT2D eigenvalue weighted by molar-refractivity contribution is 14.1. The van der Waals surface area contributed by atoms with E-state index in [1.165, 1.54) is 11.1 Å². The zero-order valence-electron chi connectivity index (χ0n) is 12.0. The molecule has 2 aromatic carbocycles. The van der Waals surface area contributed by atoms with Crippen LogP contribution in [0.3, 0.4) is 0 Å². The molecule has 0 saturated heterocycles. The number of para-hydroxylation sites is 1. The van der Waals surface area contributed by atoms with Crippen molar-refractivity contribution in [3.63, 3.8) is 0 Å². The number of halogens is 1. The molecule has 0 aliphatic heterocycles. The van der Waals surface area contributed by atoms with Crippen molar-refractivity contribution in [3.8, 4) is 0 Å². The first-order chi connectivity index (χ1) is 10.2. The zero-order chi connectivity index (χ0) is 15.1. The number of hydrogen-bond acceptors (Lipinski definition) is 2. The van der Waals surface area contributed by atoms with E-state index in [0.717, 1.165) is 15.7 Å². The average molecular weight is 394 g/mol. The van der Waals surface area contributed by atoms with Crippen LogP contribution in [0.4, 0.5) is 5.69 Å². The second-order valence-electron chi connectivity index (χ2n) is 4.86. The van der Waals surface area contributed by atoms with Gasteiger partial charge in [0.1, 0.15) is 0 Å². The summed E-state index contributed by atoms with van der Waals surface area (Å²) in [5, 5.41) is 6.10. The Morgan fingerprint density at radius 3 is 2.57 bits per heavy atom. The number of anilines is 1. The van der Waals surface area contributed by atoms with E-state index >= 15 is 0 Å². The van der Waals surface area contributed by atoms with Crippen molar-refractivity contribution >= 4 is 34.2 Å². The third-order valence-electron chi connectivity index (χ3n) is 3.29. The minimum absolute atomic E-state index is 0.0169. The van der Waals surface area contributed by atoms with Crippen LogP contribution < -0.4 is 10.6 Å². The standard InChI is InChI=1S/C17H19IN2O/c1-13-6-2-3-7-14(13)10-11-19-17(21)12-20-16-9-5-4-8-15(16)18/h2-9,20H,10-12H2,1H3,(H,19,21). The van der Waals surface area contributed by atoms with Crippen molar-refractivity contribution in [3.05, 3.63) is 63.2 Å². The van der Waals surface area contributed by atoms with Crippen LogP contribution >= 0.6 is 22.6 Å². The third kappa shape index (κ3) is 5.04. The van der Waals surface area contributed by atoms with Crippen molar-refractivity contribution in [2.24, 2.45) is 0 Å². The molecule has 1 amide bonds. The summed E-state index contributed by atoms with van der Waals surface area (Å²) in [6.07, 6.45) is 0.862. The lowest BCUT2D eigenvalue weighted by Gasteiger charge is -2.10. The molecule has 0 radical (unpaired) electrons. The fourth-order valence-corrected chi connectivity index (χ4v) is 2.65. The van der Waals surface area contributed by atoms with Gasteiger partial charge in [-0.2, -0.15) is 0 Å². The van der Waals surface area contributed by atoms with Gasteiger partial charge in [0.25, 0.3) is 0 Å². The molecule has 0 atom stereocenters. The smallest absolute Gasteiger partial charge is 0.239 e. The van der Waals surface area contributed by atoms with Gasteiger partial charge < -0.3 is 10.6 Å². The second kappa shape index (κ2) is 8.02. The van der Waals surface area contributed by atoms with Gasteiger partial charge in [-0.3, -0.25) is 4.79 Å². The lowest BCUT2D eigenvalue weighted by molar-refractivity contribution is -0.119. The maximum absolute atomic E-state index is 11.8. The molecule has 0 heterocycles. The van der Waals surface area contributed by atoms with Gasteiger partial charge in [-0.05, 0) is 59.2 Å². The van der Waals surface area contributed by atoms with Gasteiger partial charge >= 0.3 is 0 Å². The molecule has 0 fully saturated rings. The summed E-state index contributed by atoms with van der Waals surface area (Å²) in [6, 6.07) is 16.2. The molecular formula is C17H19IN2O. The van der Waals surface area contributed by atoms with E-state index in [1.54, 1.807) is 0 Å². The highest BCUT2D eigenvalue weighted by Gasteiger charge is 2.03. The van der Waals surface area contributed by atoms with Gasteiger partial charge in [0, 0.05) is 15.8 Å². The van der Waals surface area contributed by atoms with E-state index in [0.29, 0.717) is 13.1 Å². The van der Waals surface area contributed by atoms with Gasteiger partial charge in [-0.15, -0.1) is 0 Å². The van der Waals surface area contributed by atoms with Crippen molar-refractivity contribution in [1.29, 1.82) is 0 Å². The van der Waals surface area contributed by atoms with E-state index in [1.807, 2.05) is 36.4 Å². The van der Waals surface area contributed by atoms with Gasteiger partial charge in [0.15, 0.2) is 0 Å². The van der Waals surface area contributed by atoms with Crippen LogP contribution in [0.15, 0.2) is 48.5 Å². The van der Waals surface area contributed by atoms with Crippen LogP contribution in [0.2, 0.25) is 0 Å². The maximum atomic E-state index is 11.8. The van der Waals surface area contributed by atoms with Crippen LogP contribution in [0.25, 0.3) is 0 Å². The summed E-state index contributed by atoms with van der Waals surface area (Å²) in [7, 11) is 0. The topological polar surface area (TPSA) is 41.1 Å². The maximum Gasteiger partial charge on any atom is 0.239 e. The molecule has 0 bridgehead atoms. The number of hydrogen-bond donors (Lipinski definition) is 2. The fourth-order valence-electron chi connectivity index (χ4n) is 2.07. The zero-order valence-corrected chi connectivity index (χ0v) is 14.2. The lowest BCUT2D eigenvalue weighted by Crippen LogP contribution is -2.31. The largest absolute Gasteiger partial charge is 0.375 e. The van der Waals surface area contributed by atoms with Gasteiger partial charge in [-0.1, -0.05) is 36.4 Å². The highest BCUT2D eigenvalue weighted by atomic mass is 127. The van der Waals surface area contributed by atoms with E-state index in [9.17, 15) is 4.79 Å². The van der Waals surface area contributed by atoms with Crippen molar-refractivity contribution in [2.75, 3.05) is 18.4 Å². The summed E-state index contributed by atoms with van der Waals surface area (Å²) in [5.74, 6) is 0.0169. The first-order valence-electron chi connectivity index (χ1n) is 6.96. The van der Waals surface area contributed by atoms with Crippen LogP contribution in [0.1, 0.15) is 11.1 Å². The summed E-state index contributed by atoms with van der Waals surface area (Å²) in [5.41, 5.74) is 3.54. The summed E-state index contributed by atoms with van der Waals surface area (Å²) in [6.45, 7) is 3.06. The van der Waals surface area contributed by atoms with Crippen LogP contribution in [-0.4, -0.2) is 19.0 Å². The van der Waals surface area contributed by atoms with Gasteiger partial charge in [0.2, 0.25) is 5.91 Å². The van der Waals surface area contributed by atoms with Crippen molar-refractivity contribution in [1.82, 2.24) is 5.32 Å². The Balaban J connectivity index is 1.73. The van der Waals surface area contributed by atoms with Crippen LogP contribution in [0, 0.1) is 10.5 Å². The van der Waals surface area contributed by atoms with Gasteiger partial charge in [-0.25, -0.2) is 0 Å². The van der Waals surface area contributed by atoms with E-state index in [2.05, 4.69) is 52.3 Å². The molecule has 0 saturated carbocycles. The molecule has 0 unspecified atom stereocenters. The molecule has 0 aromatic heterocycles. The molecule has 21 heavy (non-hydrogen) atoms. The van der Waals surface area contributed by atoms with Gasteiger partial charge in [0.05, 0.1) is 6.54 Å². The highest BCUT2D eigenvalue weighted by Crippen LogP contribution is 2.16. The van der Waals surface area contributed by atoms with E-state index in [4.69, 9.17) is 0 Å².